The first-order chi connectivity index (χ1) is 9.06. The van der Waals surface area contributed by atoms with Crippen LogP contribution in [0.1, 0.15) is 16.8 Å². The van der Waals surface area contributed by atoms with Gasteiger partial charge in [0.05, 0.1) is 18.4 Å². The Bertz CT molecular complexity index is 540. The zero-order valence-corrected chi connectivity index (χ0v) is 10.3. The molecular formula is C13H13NO5. The van der Waals surface area contributed by atoms with Crippen LogP contribution in [0.5, 0.6) is 0 Å². The SMILES string of the molecule is COC(=O)c1ccccc1N1CCC(C(=O)O)C1=O. The zero-order chi connectivity index (χ0) is 14.0. The summed E-state index contributed by atoms with van der Waals surface area (Å²) in [5.41, 5.74) is 0.646. The Hall–Kier alpha value is -2.37. The molecule has 1 heterocycles. The van der Waals surface area contributed by atoms with Gasteiger partial charge in [-0.1, -0.05) is 12.1 Å². The summed E-state index contributed by atoms with van der Waals surface area (Å²) in [6.45, 7) is 0.282. The van der Waals surface area contributed by atoms with E-state index in [1.54, 1.807) is 24.3 Å². The molecule has 2 rings (SSSR count). The number of anilines is 1. The van der Waals surface area contributed by atoms with Gasteiger partial charge < -0.3 is 14.7 Å². The lowest BCUT2D eigenvalue weighted by atomic mass is 10.1. The van der Waals surface area contributed by atoms with Crippen LogP contribution in [0.2, 0.25) is 0 Å². The second kappa shape index (κ2) is 5.09. The Kier molecular flexibility index (Phi) is 3.50. The van der Waals surface area contributed by atoms with E-state index in [4.69, 9.17) is 5.11 Å². The van der Waals surface area contributed by atoms with E-state index in [2.05, 4.69) is 4.74 Å². The summed E-state index contributed by atoms with van der Waals surface area (Å²) in [6.07, 6.45) is 0.240. The Morgan fingerprint density at radius 2 is 2.05 bits per heavy atom. The van der Waals surface area contributed by atoms with Crippen LogP contribution in [-0.4, -0.2) is 36.6 Å². The third-order valence-corrected chi connectivity index (χ3v) is 3.10. The number of hydrogen-bond acceptors (Lipinski definition) is 4. The fourth-order valence-electron chi connectivity index (χ4n) is 2.14. The number of aliphatic carboxylic acids is 1. The molecule has 1 amide bonds. The number of ether oxygens (including phenoxy) is 1. The first-order valence-electron chi connectivity index (χ1n) is 5.77. The smallest absolute Gasteiger partial charge is 0.339 e. The summed E-state index contributed by atoms with van der Waals surface area (Å²) >= 11 is 0. The highest BCUT2D eigenvalue weighted by molar-refractivity contribution is 6.10. The number of carboxylic acid groups (broad SMARTS) is 1. The first kappa shape index (κ1) is 13.1. The number of para-hydroxylation sites is 1. The molecule has 19 heavy (non-hydrogen) atoms. The van der Waals surface area contributed by atoms with Gasteiger partial charge in [-0.25, -0.2) is 4.79 Å². The minimum atomic E-state index is -1.14. The molecule has 1 aliphatic heterocycles. The number of amides is 1. The molecule has 0 radical (unpaired) electrons. The predicted molar refractivity (Wildman–Crippen MR) is 65.9 cm³/mol. The number of esters is 1. The van der Waals surface area contributed by atoms with Crippen LogP contribution < -0.4 is 4.90 Å². The number of methoxy groups -OCH3 is 1. The van der Waals surface area contributed by atoms with E-state index in [9.17, 15) is 14.4 Å². The van der Waals surface area contributed by atoms with E-state index in [1.165, 1.54) is 12.0 Å². The summed E-state index contributed by atoms with van der Waals surface area (Å²) in [7, 11) is 1.25. The minimum absolute atomic E-state index is 0.240. The van der Waals surface area contributed by atoms with Gasteiger partial charge in [0.15, 0.2) is 0 Å². The zero-order valence-electron chi connectivity index (χ0n) is 10.3. The van der Waals surface area contributed by atoms with Crippen molar-refractivity contribution in [2.45, 2.75) is 6.42 Å². The second-order valence-corrected chi connectivity index (χ2v) is 4.18. The normalized spacial score (nSPS) is 18.5. The van der Waals surface area contributed by atoms with Gasteiger partial charge in [-0.15, -0.1) is 0 Å². The third kappa shape index (κ3) is 2.29. The monoisotopic (exact) mass is 263 g/mol. The molecule has 1 N–H and O–H groups in total. The molecule has 6 heteroatoms. The van der Waals surface area contributed by atoms with Gasteiger partial charge in [-0.05, 0) is 18.6 Å². The van der Waals surface area contributed by atoms with E-state index < -0.39 is 23.8 Å². The van der Waals surface area contributed by atoms with Crippen LogP contribution in [0, 0.1) is 5.92 Å². The van der Waals surface area contributed by atoms with Crippen molar-refractivity contribution in [1.29, 1.82) is 0 Å². The summed E-state index contributed by atoms with van der Waals surface area (Å²) < 4.78 is 4.65. The highest BCUT2D eigenvalue weighted by Gasteiger charge is 2.38. The maximum atomic E-state index is 12.0. The van der Waals surface area contributed by atoms with Gasteiger partial charge in [0, 0.05) is 6.54 Å². The van der Waals surface area contributed by atoms with Crippen molar-refractivity contribution in [3.8, 4) is 0 Å². The average molecular weight is 263 g/mol. The standard InChI is InChI=1S/C13H13NO5/c1-19-13(18)8-4-2-3-5-10(8)14-7-6-9(11(14)15)12(16)17/h2-5,9H,6-7H2,1H3,(H,16,17). The molecule has 1 atom stereocenters. The fraction of sp³-hybridized carbons (Fsp3) is 0.308. The van der Waals surface area contributed by atoms with Crippen LogP contribution in [0.15, 0.2) is 24.3 Å². The van der Waals surface area contributed by atoms with Gasteiger partial charge in [-0.3, -0.25) is 9.59 Å². The van der Waals surface area contributed by atoms with Crippen molar-refractivity contribution < 1.29 is 24.2 Å². The number of benzene rings is 1. The summed E-state index contributed by atoms with van der Waals surface area (Å²) in [4.78, 5) is 35.9. The molecule has 6 nitrogen and oxygen atoms in total. The fourth-order valence-corrected chi connectivity index (χ4v) is 2.14. The Balaban J connectivity index is 2.36. The molecule has 0 aromatic heterocycles. The summed E-state index contributed by atoms with van der Waals surface area (Å²) in [6, 6.07) is 6.49. The van der Waals surface area contributed by atoms with Gasteiger partial charge in [0.2, 0.25) is 5.91 Å². The lowest BCUT2D eigenvalue weighted by Gasteiger charge is -2.18. The quantitative estimate of drug-likeness (QED) is 0.647. The minimum Gasteiger partial charge on any atom is -0.481 e. The molecule has 1 saturated heterocycles. The first-order valence-corrected chi connectivity index (χ1v) is 5.77. The molecule has 0 spiro atoms. The van der Waals surface area contributed by atoms with E-state index in [-0.39, 0.29) is 18.5 Å². The van der Waals surface area contributed by atoms with Crippen LogP contribution in [-0.2, 0) is 14.3 Å². The van der Waals surface area contributed by atoms with Crippen LogP contribution in [0.25, 0.3) is 0 Å². The van der Waals surface area contributed by atoms with E-state index in [0.717, 1.165) is 0 Å². The van der Waals surface area contributed by atoms with Crippen molar-refractivity contribution in [3.63, 3.8) is 0 Å². The molecule has 1 unspecified atom stereocenters. The third-order valence-electron chi connectivity index (χ3n) is 3.10. The largest absolute Gasteiger partial charge is 0.481 e. The molecule has 1 aromatic rings. The second-order valence-electron chi connectivity index (χ2n) is 4.18. The number of rotatable bonds is 3. The maximum Gasteiger partial charge on any atom is 0.339 e. The van der Waals surface area contributed by atoms with Crippen molar-refractivity contribution in [2.75, 3.05) is 18.6 Å². The van der Waals surface area contributed by atoms with Crippen molar-refractivity contribution >= 4 is 23.5 Å². The highest BCUT2D eigenvalue weighted by Crippen LogP contribution is 2.28. The van der Waals surface area contributed by atoms with Gasteiger partial charge in [0.25, 0.3) is 0 Å². The maximum absolute atomic E-state index is 12.0. The molecule has 0 aliphatic carbocycles. The molecule has 100 valence electrons. The Morgan fingerprint density at radius 3 is 2.63 bits per heavy atom. The van der Waals surface area contributed by atoms with Gasteiger partial charge in [-0.2, -0.15) is 0 Å². The van der Waals surface area contributed by atoms with E-state index >= 15 is 0 Å². The molecule has 0 saturated carbocycles. The summed E-state index contributed by atoms with van der Waals surface area (Å²) in [5, 5.41) is 8.93. The average Bonchev–Trinajstić information content (AvgIpc) is 2.79. The number of carboxylic acids is 1. The van der Waals surface area contributed by atoms with Gasteiger partial charge >= 0.3 is 11.9 Å². The van der Waals surface area contributed by atoms with Crippen molar-refractivity contribution in [1.82, 2.24) is 0 Å². The summed E-state index contributed by atoms with van der Waals surface area (Å²) in [5.74, 6) is -3.22. The van der Waals surface area contributed by atoms with Crippen molar-refractivity contribution in [3.05, 3.63) is 29.8 Å². The Morgan fingerprint density at radius 1 is 1.37 bits per heavy atom. The number of hydrogen-bond donors (Lipinski definition) is 1. The molecule has 1 fully saturated rings. The van der Waals surface area contributed by atoms with Crippen LogP contribution >= 0.6 is 0 Å². The topological polar surface area (TPSA) is 83.9 Å². The van der Waals surface area contributed by atoms with Crippen LogP contribution in [0.4, 0.5) is 5.69 Å². The lowest BCUT2D eigenvalue weighted by Crippen LogP contribution is -2.31. The van der Waals surface area contributed by atoms with E-state index in [0.29, 0.717) is 5.69 Å². The van der Waals surface area contributed by atoms with E-state index in [1.807, 2.05) is 0 Å². The predicted octanol–water partition coefficient (Wildman–Crippen LogP) is 0.911. The van der Waals surface area contributed by atoms with Gasteiger partial charge in [0.1, 0.15) is 5.92 Å². The highest BCUT2D eigenvalue weighted by atomic mass is 16.5. The number of carbonyl (C=O) groups excluding carboxylic acids is 2. The molecule has 1 aromatic carbocycles. The number of carbonyl (C=O) groups is 3. The van der Waals surface area contributed by atoms with Crippen LogP contribution in [0.3, 0.4) is 0 Å². The number of nitrogens with zero attached hydrogens (tertiary/aromatic N) is 1. The molecular weight excluding hydrogens is 250 g/mol. The van der Waals surface area contributed by atoms with Crippen molar-refractivity contribution in [2.24, 2.45) is 5.92 Å². The molecule has 1 aliphatic rings. The Labute approximate surface area is 109 Å². The lowest BCUT2D eigenvalue weighted by molar-refractivity contribution is -0.144. The molecule has 0 bridgehead atoms.